The van der Waals surface area contributed by atoms with Crippen LogP contribution >= 0.6 is 0 Å². The zero-order valence-corrected chi connectivity index (χ0v) is 13.0. The van der Waals surface area contributed by atoms with Gasteiger partial charge >= 0.3 is 0 Å². The SMILES string of the molecule is CCN(CC)CCCC(C)NC(=O)c1cnn(C)c1N. The van der Waals surface area contributed by atoms with Crippen LogP contribution in [-0.4, -0.2) is 46.3 Å². The van der Waals surface area contributed by atoms with E-state index in [4.69, 9.17) is 5.73 Å². The molecule has 6 heteroatoms. The lowest BCUT2D eigenvalue weighted by atomic mass is 10.1. The van der Waals surface area contributed by atoms with Crippen LogP contribution in [0.4, 0.5) is 5.82 Å². The summed E-state index contributed by atoms with van der Waals surface area (Å²) >= 11 is 0. The number of amides is 1. The third-order valence-corrected chi connectivity index (χ3v) is 3.61. The average Bonchev–Trinajstić information content (AvgIpc) is 2.75. The van der Waals surface area contributed by atoms with Gasteiger partial charge in [-0.25, -0.2) is 0 Å². The lowest BCUT2D eigenvalue weighted by Gasteiger charge is -2.19. The van der Waals surface area contributed by atoms with Gasteiger partial charge in [0.1, 0.15) is 11.4 Å². The van der Waals surface area contributed by atoms with Crippen LogP contribution in [0.5, 0.6) is 0 Å². The first-order chi connectivity index (χ1) is 9.49. The zero-order chi connectivity index (χ0) is 15.1. The number of nitrogens with two attached hydrogens (primary N) is 1. The van der Waals surface area contributed by atoms with Crippen LogP contribution in [0.15, 0.2) is 6.20 Å². The van der Waals surface area contributed by atoms with Crippen molar-refractivity contribution in [3.63, 3.8) is 0 Å². The maximum atomic E-state index is 12.0. The van der Waals surface area contributed by atoms with Gasteiger partial charge in [0.25, 0.3) is 5.91 Å². The minimum Gasteiger partial charge on any atom is -0.383 e. The molecule has 0 saturated heterocycles. The summed E-state index contributed by atoms with van der Waals surface area (Å²) in [6.45, 7) is 9.57. The Morgan fingerprint density at radius 3 is 2.65 bits per heavy atom. The molecule has 0 spiro atoms. The van der Waals surface area contributed by atoms with Crippen molar-refractivity contribution < 1.29 is 4.79 Å². The van der Waals surface area contributed by atoms with Gasteiger partial charge in [0.05, 0.1) is 6.20 Å². The standard InChI is InChI=1S/C14H27N5O/c1-5-19(6-2)9-7-8-11(3)17-14(20)12-10-16-18(4)13(12)15/h10-11H,5-9,15H2,1-4H3,(H,17,20). The van der Waals surface area contributed by atoms with Gasteiger partial charge in [0.15, 0.2) is 0 Å². The molecule has 1 atom stereocenters. The van der Waals surface area contributed by atoms with E-state index >= 15 is 0 Å². The second-order valence-corrected chi connectivity index (χ2v) is 5.11. The molecule has 0 fully saturated rings. The summed E-state index contributed by atoms with van der Waals surface area (Å²) < 4.78 is 1.50. The Morgan fingerprint density at radius 1 is 1.50 bits per heavy atom. The number of rotatable bonds is 8. The van der Waals surface area contributed by atoms with E-state index in [0.717, 1.165) is 32.5 Å². The van der Waals surface area contributed by atoms with E-state index < -0.39 is 0 Å². The largest absolute Gasteiger partial charge is 0.383 e. The first-order valence-electron chi connectivity index (χ1n) is 7.30. The summed E-state index contributed by atoms with van der Waals surface area (Å²) in [4.78, 5) is 14.4. The van der Waals surface area contributed by atoms with E-state index in [1.54, 1.807) is 7.05 Å². The molecule has 1 unspecified atom stereocenters. The normalized spacial score (nSPS) is 12.7. The minimum absolute atomic E-state index is 0.137. The van der Waals surface area contributed by atoms with E-state index in [2.05, 4.69) is 29.2 Å². The van der Waals surface area contributed by atoms with Crippen LogP contribution < -0.4 is 11.1 Å². The number of hydrogen-bond acceptors (Lipinski definition) is 4. The Kier molecular flexibility index (Phi) is 6.51. The van der Waals surface area contributed by atoms with E-state index in [0.29, 0.717) is 11.4 Å². The fourth-order valence-electron chi connectivity index (χ4n) is 2.16. The van der Waals surface area contributed by atoms with Gasteiger partial charge in [0.2, 0.25) is 0 Å². The Balaban J connectivity index is 2.37. The molecule has 0 aromatic carbocycles. The van der Waals surface area contributed by atoms with Gasteiger partial charge in [-0.05, 0) is 39.4 Å². The van der Waals surface area contributed by atoms with Gasteiger partial charge < -0.3 is 16.0 Å². The lowest BCUT2D eigenvalue weighted by molar-refractivity contribution is 0.0938. The highest BCUT2D eigenvalue weighted by Crippen LogP contribution is 2.09. The van der Waals surface area contributed by atoms with Crippen molar-refractivity contribution in [2.45, 2.75) is 39.7 Å². The van der Waals surface area contributed by atoms with E-state index in [9.17, 15) is 4.79 Å². The summed E-state index contributed by atoms with van der Waals surface area (Å²) in [5.74, 6) is 0.254. The van der Waals surface area contributed by atoms with Crippen LogP contribution in [0.2, 0.25) is 0 Å². The molecule has 1 aromatic heterocycles. The summed E-state index contributed by atoms with van der Waals surface area (Å²) in [7, 11) is 1.72. The maximum absolute atomic E-state index is 12.0. The van der Waals surface area contributed by atoms with Crippen molar-refractivity contribution in [1.82, 2.24) is 20.0 Å². The molecular formula is C14H27N5O. The molecular weight excluding hydrogens is 254 g/mol. The number of hydrogen-bond donors (Lipinski definition) is 2. The molecule has 0 aliphatic carbocycles. The number of nitrogens with zero attached hydrogens (tertiary/aromatic N) is 3. The maximum Gasteiger partial charge on any atom is 0.256 e. The molecule has 114 valence electrons. The molecule has 6 nitrogen and oxygen atoms in total. The van der Waals surface area contributed by atoms with Crippen molar-refractivity contribution >= 4 is 11.7 Å². The van der Waals surface area contributed by atoms with Crippen LogP contribution in [0.25, 0.3) is 0 Å². The number of nitrogen functional groups attached to an aromatic ring is 1. The smallest absolute Gasteiger partial charge is 0.256 e. The molecule has 1 rings (SSSR count). The van der Waals surface area contributed by atoms with Crippen LogP contribution in [-0.2, 0) is 7.05 Å². The number of aromatic nitrogens is 2. The molecule has 1 heterocycles. The summed E-state index contributed by atoms with van der Waals surface area (Å²) in [6.07, 6.45) is 3.54. The quantitative estimate of drug-likeness (QED) is 0.752. The number of aryl methyl sites for hydroxylation is 1. The van der Waals surface area contributed by atoms with E-state index in [1.165, 1.54) is 10.9 Å². The highest BCUT2D eigenvalue weighted by atomic mass is 16.1. The second-order valence-electron chi connectivity index (χ2n) is 5.11. The molecule has 0 aliphatic heterocycles. The van der Waals surface area contributed by atoms with E-state index in [-0.39, 0.29) is 11.9 Å². The molecule has 3 N–H and O–H groups in total. The Hall–Kier alpha value is -1.56. The topological polar surface area (TPSA) is 76.2 Å². The molecule has 1 amide bonds. The predicted octanol–water partition coefficient (Wildman–Crippen LogP) is 1.24. The highest BCUT2D eigenvalue weighted by molar-refractivity contribution is 5.98. The van der Waals surface area contributed by atoms with Crippen molar-refractivity contribution in [2.24, 2.45) is 7.05 Å². The number of carbonyl (C=O) groups is 1. The van der Waals surface area contributed by atoms with Crippen molar-refractivity contribution in [1.29, 1.82) is 0 Å². The molecule has 0 aliphatic rings. The van der Waals surface area contributed by atoms with Crippen molar-refractivity contribution in [2.75, 3.05) is 25.4 Å². The Bertz CT molecular complexity index is 425. The molecule has 1 aromatic rings. The predicted molar refractivity (Wildman–Crippen MR) is 81.6 cm³/mol. The van der Waals surface area contributed by atoms with Gasteiger partial charge in [-0.2, -0.15) is 5.10 Å². The second kappa shape index (κ2) is 7.89. The monoisotopic (exact) mass is 281 g/mol. The van der Waals surface area contributed by atoms with Gasteiger partial charge in [-0.15, -0.1) is 0 Å². The molecule has 0 saturated carbocycles. The van der Waals surface area contributed by atoms with Gasteiger partial charge in [0, 0.05) is 13.1 Å². The number of anilines is 1. The first-order valence-corrected chi connectivity index (χ1v) is 7.30. The minimum atomic E-state index is -0.147. The highest BCUT2D eigenvalue weighted by Gasteiger charge is 2.15. The third-order valence-electron chi connectivity index (χ3n) is 3.61. The summed E-state index contributed by atoms with van der Waals surface area (Å²) in [5, 5.41) is 6.95. The molecule has 0 bridgehead atoms. The van der Waals surface area contributed by atoms with Crippen molar-refractivity contribution in [3.8, 4) is 0 Å². The molecule has 0 radical (unpaired) electrons. The van der Waals surface area contributed by atoms with E-state index in [1.807, 2.05) is 6.92 Å². The third kappa shape index (κ3) is 4.52. The Morgan fingerprint density at radius 2 is 2.15 bits per heavy atom. The molecule has 20 heavy (non-hydrogen) atoms. The zero-order valence-electron chi connectivity index (χ0n) is 13.0. The number of nitrogens with one attached hydrogen (secondary N) is 1. The number of carbonyl (C=O) groups excluding carboxylic acids is 1. The van der Waals surface area contributed by atoms with Crippen LogP contribution in [0.3, 0.4) is 0 Å². The fourth-order valence-corrected chi connectivity index (χ4v) is 2.16. The summed E-state index contributed by atoms with van der Waals surface area (Å²) in [6, 6.07) is 0.137. The fraction of sp³-hybridized carbons (Fsp3) is 0.714. The Labute approximate surface area is 121 Å². The van der Waals surface area contributed by atoms with Crippen LogP contribution in [0.1, 0.15) is 44.0 Å². The van der Waals surface area contributed by atoms with Crippen LogP contribution in [0, 0.1) is 0 Å². The summed E-state index contributed by atoms with van der Waals surface area (Å²) in [5.41, 5.74) is 6.24. The van der Waals surface area contributed by atoms with Gasteiger partial charge in [-0.3, -0.25) is 9.48 Å². The van der Waals surface area contributed by atoms with Gasteiger partial charge in [-0.1, -0.05) is 13.8 Å². The lowest BCUT2D eigenvalue weighted by Crippen LogP contribution is -2.34. The van der Waals surface area contributed by atoms with Crippen molar-refractivity contribution in [3.05, 3.63) is 11.8 Å². The average molecular weight is 281 g/mol. The first kappa shape index (κ1) is 16.5.